The van der Waals surface area contributed by atoms with E-state index in [0.717, 1.165) is 0 Å². The summed E-state index contributed by atoms with van der Waals surface area (Å²) in [6.45, 7) is 3.90. The molecule has 11 heavy (non-hydrogen) atoms. The molecular formula is C7H11N3O. The molecule has 2 N–H and O–H groups in total. The smallest absolute Gasteiger partial charge is 0.290 e. The summed E-state index contributed by atoms with van der Waals surface area (Å²) in [5.74, 6) is 0.377. The maximum Gasteiger partial charge on any atom is 0.290 e. The third kappa shape index (κ3) is 2.07. The fraction of sp³-hybridized carbons (Fsp3) is 0.429. The van der Waals surface area contributed by atoms with E-state index in [1.165, 1.54) is 6.20 Å². The van der Waals surface area contributed by atoms with E-state index in [2.05, 4.69) is 15.3 Å². The maximum atomic E-state index is 11.0. The summed E-state index contributed by atoms with van der Waals surface area (Å²) < 4.78 is 0. The molecule has 0 bridgehead atoms. The Bertz CT molecular complexity index is 279. The number of nitrogens with zero attached hydrogens (tertiary/aromatic N) is 1. The second-order valence-corrected chi connectivity index (χ2v) is 2.57. The van der Waals surface area contributed by atoms with Crippen molar-refractivity contribution < 1.29 is 0 Å². The first-order chi connectivity index (χ1) is 5.20. The molecule has 0 atom stereocenters. The largest absolute Gasteiger partial charge is 0.363 e. The lowest BCUT2D eigenvalue weighted by Gasteiger charge is -2.05. The Morgan fingerprint density at radius 3 is 2.91 bits per heavy atom. The highest BCUT2D eigenvalue weighted by Gasteiger charge is 1.99. The van der Waals surface area contributed by atoms with Gasteiger partial charge in [0.05, 0.1) is 0 Å². The van der Waals surface area contributed by atoms with Crippen molar-refractivity contribution in [2.75, 3.05) is 5.32 Å². The van der Waals surface area contributed by atoms with Crippen LogP contribution in [-0.4, -0.2) is 16.0 Å². The summed E-state index contributed by atoms with van der Waals surface area (Å²) in [5.41, 5.74) is -0.179. The molecule has 0 spiro atoms. The number of hydrogen-bond donors (Lipinski definition) is 2. The molecule has 0 amide bonds. The molecule has 1 heterocycles. The van der Waals surface area contributed by atoms with Crippen molar-refractivity contribution in [1.82, 2.24) is 9.97 Å². The maximum absolute atomic E-state index is 11.0. The van der Waals surface area contributed by atoms with E-state index in [-0.39, 0.29) is 11.6 Å². The summed E-state index contributed by atoms with van der Waals surface area (Å²) >= 11 is 0. The fourth-order valence-corrected chi connectivity index (χ4v) is 0.728. The molecule has 1 aromatic heterocycles. The van der Waals surface area contributed by atoms with Crippen molar-refractivity contribution in [3.8, 4) is 0 Å². The Kier molecular flexibility index (Phi) is 2.25. The highest BCUT2D eigenvalue weighted by Crippen LogP contribution is 1.92. The second kappa shape index (κ2) is 3.18. The third-order valence-corrected chi connectivity index (χ3v) is 1.13. The van der Waals surface area contributed by atoms with Crippen LogP contribution in [0.3, 0.4) is 0 Å². The normalized spacial score (nSPS) is 10.1. The van der Waals surface area contributed by atoms with Crippen LogP contribution >= 0.6 is 0 Å². The third-order valence-electron chi connectivity index (χ3n) is 1.13. The molecule has 4 heteroatoms. The summed E-state index contributed by atoms with van der Waals surface area (Å²) in [4.78, 5) is 17.4. The SMILES string of the molecule is CC(C)Nc1ncc[nH]c1=O. The Morgan fingerprint density at radius 2 is 2.36 bits per heavy atom. The van der Waals surface area contributed by atoms with Gasteiger partial charge in [0, 0.05) is 18.4 Å². The minimum Gasteiger partial charge on any atom is -0.363 e. The number of H-pyrrole nitrogens is 1. The predicted octanol–water partition coefficient (Wildman–Crippen LogP) is 0.590. The van der Waals surface area contributed by atoms with Gasteiger partial charge in [-0.1, -0.05) is 0 Å². The monoisotopic (exact) mass is 153 g/mol. The number of nitrogens with one attached hydrogen (secondary N) is 2. The minimum atomic E-state index is -0.179. The lowest BCUT2D eigenvalue weighted by atomic mass is 10.4. The van der Waals surface area contributed by atoms with Gasteiger partial charge in [-0.05, 0) is 13.8 Å². The van der Waals surface area contributed by atoms with Gasteiger partial charge in [-0.15, -0.1) is 0 Å². The fourth-order valence-electron chi connectivity index (χ4n) is 0.728. The van der Waals surface area contributed by atoms with Crippen molar-refractivity contribution in [1.29, 1.82) is 0 Å². The number of hydrogen-bond acceptors (Lipinski definition) is 3. The van der Waals surface area contributed by atoms with Crippen molar-refractivity contribution in [2.45, 2.75) is 19.9 Å². The van der Waals surface area contributed by atoms with E-state index in [9.17, 15) is 4.79 Å². The topological polar surface area (TPSA) is 57.8 Å². The van der Waals surface area contributed by atoms with Crippen molar-refractivity contribution in [3.63, 3.8) is 0 Å². The van der Waals surface area contributed by atoms with Crippen LogP contribution in [0.2, 0.25) is 0 Å². The highest BCUT2D eigenvalue weighted by atomic mass is 16.1. The molecule has 0 aliphatic heterocycles. The molecule has 0 saturated carbocycles. The molecule has 1 aromatic rings. The van der Waals surface area contributed by atoms with Gasteiger partial charge in [-0.25, -0.2) is 4.98 Å². The van der Waals surface area contributed by atoms with Gasteiger partial charge in [0.25, 0.3) is 5.56 Å². The van der Waals surface area contributed by atoms with E-state index in [0.29, 0.717) is 5.82 Å². The van der Waals surface area contributed by atoms with E-state index >= 15 is 0 Å². The summed E-state index contributed by atoms with van der Waals surface area (Å²) in [6.07, 6.45) is 3.06. The molecule has 0 saturated heterocycles. The Balaban J connectivity index is 2.87. The van der Waals surface area contributed by atoms with Crippen molar-refractivity contribution >= 4 is 5.82 Å². The van der Waals surface area contributed by atoms with Crippen molar-refractivity contribution in [3.05, 3.63) is 22.7 Å². The summed E-state index contributed by atoms with van der Waals surface area (Å²) in [6, 6.07) is 0.228. The predicted molar refractivity (Wildman–Crippen MR) is 43.6 cm³/mol. The summed E-state index contributed by atoms with van der Waals surface area (Å²) in [5, 5.41) is 2.92. The quantitative estimate of drug-likeness (QED) is 0.653. The molecule has 4 nitrogen and oxygen atoms in total. The molecule has 0 unspecified atom stereocenters. The standard InChI is InChI=1S/C7H11N3O/c1-5(2)10-6-7(11)9-4-3-8-6/h3-5H,1-2H3,(H,8,10)(H,9,11). The second-order valence-electron chi connectivity index (χ2n) is 2.57. The van der Waals surface area contributed by atoms with Crippen LogP contribution in [0, 0.1) is 0 Å². The van der Waals surface area contributed by atoms with Crippen LogP contribution in [0.5, 0.6) is 0 Å². The van der Waals surface area contributed by atoms with Gasteiger partial charge in [-0.2, -0.15) is 0 Å². The average Bonchev–Trinajstić information content (AvgIpc) is 1.93. The first-order valence-electron chi connectivity index (χ1n) is 3.50. The number of aromatic nitrogens is 2. The first kappa shape index (κ1) is 7.78. The van der Waals surface area contributed by atoms with E-state index in [1.54, 1.807) is 6.20 Å². The van der Waals surface area contributed by atoms with Crippen LogP contribution in [0.15, 0.2) is 17.2 Å². The lowest BCUT2D eigenvalue weighted by molar-refractivity contribution is 0.880. The van der Waals surface area contributed by atoms with Gasteiger partial charge in [0.2, 0.25) is 0 Å². The summed E-state index contributed by atoms with van der Waals surface area (Å²) in [7, 11) is 0. The molecule has 1 rings (SSSR count). The lowest BCUT2D eigenvalue weighted by Crippen LogP contribution is -2.20. The average molecular weight is 153 g/mol. The Labute approximate surface area is 64.7 Å². The Morgan fingerprint density at radius 1 is 1.64 bits per heavy atom. The van der Waals surface area contributed by atoms with Gasteiger partial charge in [-0.3, -0.25) is 4.79 Å². The molecule has 60 valence electrons. The first-order valence-corrected chi connectivity index (χ1v) is 3.50. The van der Waals surface area contributed by atoms with Crippen LogP contribution in [0.25, 0.3) is 0 Å². The van der Waals surface area contributed by atoms with Crippen molar-refractivity contribution in [2.24, 2.45) is 0 Å². The number of aromatic amines is 1. The van der Waals surface area contributed by atoms with Gasteiger partial charge >= 0.3 is 0 Å². The van der Waals surface area contributed by atoms with Crippen LogP contribution in [0.4, 0.5) is 5.82 Å². The van der Waals surface area contributed by atoms with E-state index in [1.807, 2.05) is 13.8 Å². The van der Waals surface area contributed by atoms with E-state index in [4.69, 9.17) is 0 Å². The molecule has 0 aliphatic rings. The zero-order chi connectivity index (χ0) is 8.27. The molecular weight excluding hydrogens is 142 g/mol. The zero-order valence-corrected chi connectivity index (χ0v) is 6.59. The van der Waals surface area contributed by atoms with Gasteiger partial charge in [0.15, 0.2) is 5.82 Å². The Hall–Kier alpha value is -1.32. The van der Waals surface area contributed by atoms with Crippen LogP contribution < -0.4 is 10.9 Å². The van der Waals surface area contributed by atoms with Gasteiger partial charge in [0.1, 0.15) is 0 Å². The van der Waals surface area contributed by atoms with Gasteiger partial charge < -0.3 is 10.3 Å². The minimum absolute atomic E-state index is 0.179. The van der Waals surface area contributed by atoms with Crippen LogP contribution in [0.1, 0.15) is 13.8 Å². The highest BCUT2D eigenvalue weighted by molar-refractivity contribution is 5.30. The molecule has 0 aromatic carbocycles. The molecule has 0 radical (unpaired) electrons. The molecule has 0 aliphatic carbocycles. The van der Waals surface area contributed by atoms with E-state index < -0.39 is 0 Å². The number of rotatable bonds is 2. The van der Waals surface area contributed by atoms with Crippen LogP contribution in [-0.2, 0) is 0 Å². The molecule has 0 fully saturated rings. The number of anilines is 1. The zero-order valence-electron chi connectivity index (χ0n) is 6.59.